The molecule has 2 aliphatic heterocycles. The Morgan fingerprint density at radius 2 is 1.83 bits per heavy atom. The number of piperidine rings is 1. The molecule has 246 valence electrons. The molecule has 1 amide bonds. The first-order valence-electron chi connectivity index (χ1n) is 16.3. The minimum Gasteiger partial charge on any atom is -0.381 e. The normalized spacial score (nSPS) is 17.2. The van der Waals surface area contributed by atoms with Gasteiger partial charge in [-0.15, -0.1) is 0 Å². The van der Waals surface area contributed by atoms with Gasteiger partial charge in [-0.25, -0.2) is 9.37 Å². The zero-order chi connectivity index (χ0) is 33.2. The molecular formula is C36H43FN8O2. The van der Waals surface area contributed by atoms with Gasteiger partial charge in [-0.1, -0.05) is 6.08 Å². The van der Waals surface area contributed by atoms with Gasteiger partial charge in [-0.3, -0.25) is 14.6 Å². The van der Waals surface area contributed by atoms with Crippen LogP contribution in [0.2, 0.25) is 0 Å². The number of hydrogen-bond donors (Lipinski definition) is 1. The maximum absolute atomic E-state index is 17.3. The van der Waals surface area contributed by atoms with Crippen LogP contribution in [0.5, 0.6) is 0 Å². The Hall–Kier alpha value is -4.35. The molecule has 2 aliphatic rings. The molecule has 5 heterocycles. The topological polar surface area (TPSA) is 95.4 Å². The molecule has 0 aliphatic carbocycles. The van der Waals surface area contributed by atoms with Gasteiger partial charge >= 0.3 is 0 Å². The summed E-state index contributed by atoms with van der Waals surface area (Å²) in [6, 6.07) is 4.21. The zero-order valence-corrected chi connectivity index (χ0v) is 28.3. The van der Waals surface area contributed by atoms with Crippen molar-refractivity contribution in [2.45, 2.75) is 52.1 Å². The third-order valence-corrected chi connectivity index (χ3v) is 10.5. The van der Waals surface area contributed by atoms with Crippen molar-refractivity contribution in [3.8, 4) is 11.1 Å². The minimum absolute atomic E-state index is 0.00142. The van der Waals surface area contributed by atoms with Gasteiger partial charge in [0, 0.05) is 55.7 Å². The van der Waals surface area contributed by atoms with E-state index >= 15 is 4.39 Å². The molecular weight excluding hydrogens is 595 g/mol. The molecule has 11 heteroatoms. The highest BCUT2D eigenvalue weighted by Gasteiger charge is 2.42. The molecule has 5 aromatic rings. The maximum Gasteiger partial charge on any atom is 0.246 e. The molecule has 47 heavy (non-hydrogen) atoms. The van der Waals surface area contributed by atoms with Crippen LogP contribution in [0.3, 0.4) is 0 Å². The van der Waals surface area contributed by atoms with Crippen molar-refractivity contribution in [1.82, 2.24) is 34.8 Å². The SMILES string of the molecule is COC/C=C/C(=O)N1CCC(n2ncc3c(N4CC(C)(N(C)C)C4)nc4c(F)c(-c5c(C)c(C)cc6[nH]ncc56)c(C)cc4c32)CC1. The summed E-state index contributed by atoms with van der Waals surface area (Å²) in [7, 11) is 5.80. The van der Waals surface area contributed by atoms with Gasteiger partial charge < -0.3 is 19.4 Å². The number of fused-ring (bicyclic) bond motifs is 4. The number of H-pyrrole nitrogens is 1. The van der Waals surface area contributed by atoms with Crippen molar-refractivity contribution >= 4 is 44.4 Å². The molecule has 7 rings (SSSR count). The first kappa shape index (κ1) is 31.3. The van der Waals surface area contributed by atoms with Crippen molar-refractivity contribution in [2.75, 3.05) is 58.9 Å². The monoisotopic (exact) mass is 638 g/mol. The summed E-state index contributed by atoms with van der Waals surface area (Å²) in [5.74, 6) is 0.427. The number of halogens is 1. The van der Waals surface area contributed by atoms with Gasteiger partial charge in [0.1, 0.15) is 11.3 Å². The van der Waals surface area contributed by atoms with Crippen molar-refractivity contribution < 1.29 is 13.9 Å². The van der Waals surface area contributed by atoms with Crippen molar-refractivity contribution in [3.63, 3.8) is 0 Å². The molecule has 1 N–H and O–H groups in total. The molecule has 2 fully saturated rings. The van der Waals surface area contributed by atoms with E-state index in [1.807, 2.05) is 31.9 Å². The van der Waals surface area contributed by atoms with Gasteiger partial charge in [0.15, 0.2) is 5.82 Å². The maximum atomic E-state index is 17.3. The number of likely N-dealkylation sites (N-methyl/N-ethyl adjacent to an activating group) is 1. The third kappa shape index (κ3) is 5.07. The van der Waals surface area contributed by atoms with Crippen LogP contribution in [0, 0.1) is 26.6 Å². The quantitative estimate of drug-likeness (QED) is 0.229. The highest BCUT2D eigenvalue weighted by atomic mass is 19.1. The number of rotatable bonds is 7. The number of anilines is 1. The first-order valence-corrected chi connectivity index (χ1v) is 16.3. The number of ether oxygens (including phenoxy) is 1. The zero-order valence-electron chi connectivity index (χ0n) is 28.3. The van der Waals surface area contributed by atoms with E-state index in [9.17, 15) is 4.79 Å². The number of benzene rings is 2. The number of likely N-dealkylation sites (tertiary alicyclic amines) is 1. The summed E-state index contributed by atoms with van der Waals surface area (Å²) < 4.78 is 24.4. The van der Waals surface area contributed by atoms with Crippen LogP contribution >= 0.6 is 0 Å². The van der Waals surface area contributed by atoms with E-state index in [4.69, 9.17) is 14.8 Å². The number of methoxy groups -OCH3 is 1. The lowest BCUT2D eigenvalue weighted by atomic mass is 9.89. The number of aryl methyl sites for hydroxylation is 2. The molecule has 10 nitrogen and oxygen atoms in total. The Morgan fingerprint density at radius 1 is 1.09 bits per heavy atom. The van der Waals surface area contributed by atoms with Crippen LogP contribution in [0.15, 0.2) is 36.7 Å². The van der Waals surface area contributed by atoms with Gasteiger partial charge in [-0.05, 0) is 89.0 Å². The lowest BCUT2D eigenvalue weighted by Gasteiger charge is -2.52. The van der Waals surface area contributed by atoms with E-state index in [-0.39, 0.29) is 23.3 Å². The number of amides is 1. The predicted molar refractivity (Wildman–Crippen MR) is 184 cm³/mol. The largest absolute Gasteiger partial charge is 0.381 e. The molecule has 3 aromatic heterocycles. The molecule has 0 radical (unpaired) electrons. The summed E-state index contributed by atoms with van der Waals surface area (Å²) in [5.41, 5.74) is 6.47. The number of nitrogens with zero attached hydrogens (tertiary/aromatic N) is 7. The summed E-state index contributed by atoms with van der Waals surface area (Å²) >= 11 is 0. The van der Waals surface area contributed by atoms with Crippen molar-refractivity contribution in [1.29, 1.82) is 0 Å². The van der Waals surface area contributed by atoms with Gasteiger partial charge in [-0.2, -0.15) is 10.2 Å². The lowest BCUT2D eigenvalue weighted by Crippen LogP contribution is -2.67. The van der Waals surface area contributed by atoms with Crippen LogP contribution in [0.1, 0.15) is 42.5 Å². The Morgan fingerprint density at radius 3 is 2.53 bits per heavy atom. The average Bonchev–Trinajstić information content (AvgIpc) is 3.69. The van der Waals surface area contributed by atoms with Crippen LogP contribution in [0.4, 0.5) is 10.2 Å². The number of aromatic amines is 1. The van der Waals surface area contributed by atoms with Gasteiger partial charge in [0.2, 0.25) is 5.91 Å². The molecule has 0 atom stereocenters. The van der Waals surface area contributed by atoms with Crippen LogP contribution in [-0.4, -0.2) is 100 Å². The van der Waals surface area contributed by atoms with Crippen LogP contribution in [0.25, 0.3) is 43.8 Å². The van der Waals surface area contributed by atoms with E-state index in [1.165, 1.54) is 0 Å². The van der Waals surface area contributed by atoms with Crippen molar-refractivity contribution in [2.24, 2.45) is 0 Å². The summed E-state index contributed by atoms with van der Waals surface area (Å²) in [4.78, 5) is 24.2. The lowest BCUT2D eigenvalue weighted by molar-refractivity contribution is -0.127. The van der Waals surface area contributed by atoms with E-state index < -0.39 is 0 Å². The van der Waals surface area contributed by atoms with Gasteiger partial charge in [0.25, 0.3) is 0 Å². The molecule has 2 aromatic carbocycles. The number of carbonyl (C=O) groups excluding carboxylic acids is 1. The number of hydrogen-bond acceptors (Lipinski definition) is 7. The average molecular weight is 639 g/mol. The van der Waals surface area contributed by atoms with E-state index in [0.29, 0.717) is 30.8 Å². The predicted octanol–water partition coefficient (Wildman–Crippen LogP) is 5.70. The smallest absolute Gasteiger partial charge is 0.246 e. The summed E-state index contributed by atoms with van der Waals surface area (Å²) in [5, 5.41) is 14.9. The van der Waals surface area contributed by atoms with E-state index in [0.717, 1.165) is 81.2 Å². The Balaban J connectivity index is 1.38. The number of nitrogens with one attached hydrogen (secondary N) is 1. The standard InChI is InChI=1S/C36H43FN8O2/c1-21-16-28-26(17-38-41-28)31(23(21)3)30-22(2)15-25-33(32(30)37)40-35(44-19-36(4,20-44)42(5)6)27-18-39-45(34(25)27)24-10-12-43(13-11-24)29(46)9-8-14-47-7/h8-9,15-18,24H,10-14,19-20H2,1-7H3,(H,38,41)/b9-8+. The second kappa shape index (κ2) is 11.7. The number of aromatic nitrogens is 5. The van der Waals surface area contributed by atoms with E-state index in [1.54, 1.807) is 25.5 Å². The van der Waals surface area contributed by atoms with Crippen LogP contribution < -0.4 is 4.90 Å². The Labute approximate surface area is 274 Å². The summed E-state index contributed by atoms with van der Waals surface area (Å²) in [6.07, 6.45) is 8.52. The first-order chi connectivity index (χ1) is 22.5. The van der Waals surface area contributed by atoms with Gasteiger partial charge in [0.05, 0.1) is 47.0 Å². The molecule has 0 bridgehead atoms. The molecule has 0 spiro atoms. The Bertz CT molecular complexity index is 2050. The number of carbonyl (C=O) groups is 1. The highest BCUT2D eigenvalue weighted by molar-refractivity contribution is 6.11. The number of pyridine rings is 1. The third-order valence-electron chi connectivity index (χ3n) is 10.5. The Kier molecular flexibility index (Phi) is 7.79. The van der Waals surface area contributed by atoms with Crippen molar-refractivity contribution in [3.05, 3.63) is 59.2 Å². The fraction of sp³-hybridized carbons (Fsp3) is 0.444. The van der Waals surface area contributed by atoms with Crippen LogP contribution in [-0.2, 0) is 9.53 Å². The second-order valence-electron chi connectivity index (χ2n) is 13.8. The fourth-order valence-corrected chi connectivity index (χ4v) is 7.38. The fourth-order valence-electron chi connectivity index (χ4n) is 7.38. The minimum atomic E-state index is -0.328. The molecule has 0 saturated carbocycles. The molecule has 0 unspecified atom stereocenters. The molecule has 2 saturated heterocycles. The van der Waals surface area contributed by atoms with E-state index in [2.05, 4.69) is 57.8 Å². The second-order valence-corrected chi connectivity index (χ2v) is 13.8. The highest BCUT2D eigenvalue weighted by Crippen LogP contribution is 2.44. The summed E-state index contributed by atoms with van der Waals surface area (Å²) in [6.45, 7) is 11.5.